The van der Waals surface area contributed by atoms with Crippen LogP contribution in [0.25, 0.3) is 0 Å². The Kier molecular flexibility index (Phi) is 7.43. The fraction of sp³-hybridized carbons (Fsp3) is 0.655. The van der Waals surface area contributed by atoms with Crippen LogP contribution in [0.1, 0.15) is 46.5 Å². The minimum Gasteiger partial charge on any atom is -0.462 e. The first-order valence-corrected chi connectivity index (χ1v) is 13.4. The average molecular weight is 531 g/mol. The highest BCUT2D eigenvalue weighted by atomic mass is 16.6. The number of epoxide rings is 1. The van der Waals surface area contributed by atoms with Gasteiger partial charge >= 0.3 is 11.9 Å². The molecule has 2 bridgehead atoms. The number of carbonyl (C=O) groups is 2. The maximum absolute atomic E-state index is 13.0. The number of hydrogen-bond donors (Lipinski definition) is 2. The van der Waals surface area contributed by atoms with Gasteiger partial charge in [0.05, 0.1) is 43.5 Å². The molecule has 208 valence electrons. The van der Waals surface area contributed by atoms with Gasteiger partial charge in [-0.1, -0.05) is 36.8 Å². The Morgan fingerprint density at radius 2 is 1.92 bits per heavy atom. The molecule has 0 aromatic carbocycles. The molecule has 5 rings (SSSR count). The van der Waals surface area contributed by atoms with Crippen LogP contribution in [0.2, 0.25) is 0 Å². The van der Waals surface area contributed by atoms with Gasteiger partial charge < -0.3 is 33.9 Å². The Morgan fingerprint density at radius 3 is 2.63 bits per heavy atom. The molecule has 9 nitrogen and oxygen atoms in total. The number of aliphatic hydroxyl groups is 2. The first-order chi connectivity index (χ1) is 18.1. The predicted molar refractivity (Wildman–Crippen MR) is 136 cm³/mol. The Labute approximate surface area is 223 Å². The number of carbonyl (C=O) groups excluding carboxylic acids is 2. The van der Waals surface area contributed by atoms with Crippen molar-refractivity contribution < 1.29 is 43.5 Å². The summed E-state index contributed by atoms with van der Waals surface area (Å²) in [6.45, 7) is 6.19. The second-order valence-corrected chi connectivity index (χ2v) is 11.4. The van der Waals surface area contributed by atoms with Gasteiger partial charge in [0.1, 0.15) is 24.4 Å². The minimum absolute atomic E-state index is 0.0665. The monoisotopic (exact) mass is 530 g/mol. The fourth-order valence-electron chi connectivity index (χ4n) is 6.91. The second-order valence-electron chi connectivity index (χ2n) is 11.4. The first-order valence-electron chi connectivity index (χ1n) is 13.4. The van der Waals surface area contributed by atoms with Gasteiger partial charge in [-0.3, -0.25) is 0 Å². The number of hydrogen-bond acceptors (Lipinski definition) is 9. The lowest BCUT2D eigenvalue weighted by molar-refractivity contribution is -0.232. The average Bonchev–Trinajstić information content (AvgIpc) is 3.66. The molecule has 38 heavy (non-hydrogen) atoms. The zero-order chi connectivity index (χ0) is 27.1. The molecule has 3 aliphatic heterocycles. The summed E-state index contributed by atoms with van der Waals surface area (Å²) >= 11 is 0. The van der Waals surface area contributed by atoms with E-state index in [0.717, 1.165) is 6.42 Å². The molecule has 5 aliphatic rings. The topological polar surface area (TPSA) is 124 Å². The lowest BCUT2D eigenvalue weighted by Crippen LogP contribution is -2.66. The molecule has 1 saturated carbocycles. The SMILES string of the molecule is CC1=C[C@H]2O[C@@H]3C[C@H]4OC(=O)/C=C\C=C/[C@H]([C@@H](C)O)OCC/C(CO)=C\C(=O)OC[C@@]2(CC1)[C@]4(C)[C@@]31CO1. The van der Waals surface area contributed by atoms with Crippen molar-refractivity contribution in [2.75, 3.05) is 26.4 Å². The molecule has 2 aliphatic carbocycles. The molecule has 0 amide bonds. The van der Waals surface area contributed by atoms with Crippen molar-refractivity contribution in [3.63, 3.8) is 0 Å². The van der Waals surface area contributed by atoms with E-state index in [2.05, 4.69) is 19.9 Å². The van der Waals surface area contributed by atoms with Crippen molar-refractivity contribution in [2.45, 2.75) is 82.6 Å². The van der Waals surface area contributed by atoms with Crippen LogP contribution in [0.15, 0.2) is 47.6 Å². The Morgan fingerprint density at radius 1 is 1.13 bits per heavy atom. The van der Waals surface area contributed by atoms with Crippen LogP contribution in [-0.4, -0.2) is 84.7 Å². The molecule has 2 spiro atoms. The first kappa shape index (κ1) is 27.3. The van der Waals surface area contributed by atoms with E-state index in [1.807, 2.05) is 0 Å². The van der Waals surface area contributed by atoms with E-state index in [9.17, 15) is 19.8 Å². The Bertz CT molecular complexity index is 1070. The summed E-state index contributed by atoms with van der Waals surface area (Å²) in [5.74, 6) is -1.05. The van der Waals surface area contributed by atoms with Crippen molar-refractivity contribution in [1.29, 1.82) is 0 Å². The Balaban J connectivity index is 1.52. The van der Waals surface area contributed by atoms with Crippen molar-refractivity contribution in [2.24, 2.45) is 10.8 Å². The highest BCUT2D eigenvalue weighted by molar-refractivity contribution is 5.83. The van der Waals surface area contributed by atoms with E-state index in [0.29, 0.717) is 31.4 Å². The molecule has 8 atom stereocenters. The second kappa shape index (κ2) is 10.4. The van der Waals surface area contributed by atoms with Crippen LogP contribution in [0.5, 0.6) is 0 Å². The highest BCUT2D eigenvalue weighted by Gasteiger charge is 2.83. The molecule has 9 heteroatoms. The van der Waals surface area contributed by atoms with Gasteiger partial charge in [-0.15, -0.1) is 0 Å². The maximum Gasteiger partial charge on any atom is 0.331 e. The zero-order valence-corrected chi connectivity index (χ0v) is 22.3. The molecule has 0 radical (unpaired) electrons. The molecule has 0 unspecified atom stereocenters. The van der Waals surface area contributed by atoms with Crippen LogP contribution < -0.4 is 0 Å². The summed E-state index contributed by atoms with van der Waals surface area (Å²) in [6, 6.07) is 0. The Hall–Kier alpha value is -2.30. The number of ether oxygens (including phenoxy) is 5. The van der Waals surface area contributed by atoms with Crippen LogP contribution in [-0.2, 0) is 33.3 Å². The lowest BCUT2D eigenvalue weighted by Gasteiger charge is -2.58. The number of rotatable bonds is 2. The molecular formula is C29H38O9. The quantitative estimate of drug-likeness (QED) is 0.314. The number of esters is 2. The third-order valence-corrected chi connectivity index (χ3v) is 9.33. The van der Waals surface area contributed by atoms with Crippen molar-refractivity contribution >= 4 is 11.9 Å². The van der Waals surface area contributed by atoms with Gasteiger partial charge in [0, 0.05) is 24.0 Å². The molecule has 3 heterocycles. The fourth-order valence-corrected chi connectivity index (χ4v) is 6.91. The van der Waals surface area contributed by atoms with Gasteiger partial charge in [0.2, 0.25) is 0 Å². The maximum atomic E-state index is 13.0. The van der Waals surface area contributed by atoms with E-state index in [-0.39, 0.29) is 32.0 Å². The summed E-state index contributed by atoms with van der Waals surface area (Å²) in [5.41, 5.74) is -0.225. The molecular weight excluding hydrogens is 492 g/mol. The van der Waals surface area contributed by atoms with Gasteiger partial charge in [-0.25, -0.2) is 9.59 Å². The van der Waals surface area contributed by atoms with E-state index in [4.69, 9.17) is 23.7 Å². The standard InChI is InChI=1S/C29H38O9/c1-18-8-10-28-16-35-26(33)13-20(15-30)9-11-34-21(19(2)31)6-4-5-7-25(32)38-22-14-24(37-23(28)12-18)29(17-36-29)27(22,28)3/h4-7,12-13,19,21-24,30-31H,8-11,14-17H2,1-3H3/b6-4-,7-5-,20-13+/t19-,21-,22-,23-,24-,27-,28-,29-/m1/s1. The van der Waals surface area contributed by atoms with E-state index in [1.165, 1.54) is 17.7 Å². The van der Waals surface area contributed by atoms with Crippen LogP contribution >= 0.6 is 0 Å². The lowest BCUT2D eigenvalue weighted by atomic mass is 9.51. The van der Waals surface area contributed by atoms with Crippen LogP contribution in [0.4, 0.5) is 0 Å². The van der Waals surface area contributed by atoms with E-state index >= 15 is 0 Å². The van der Waals surface area contributed by atoms with Crippen molar-refractivity contribution in [1.82, 2.24) is 0 Å². The van der Waals surface area contributed by atoms with Gasteiger partial charge in [-0.2, -0.15) is 0 Å². The van der Waals surface area contributed by atoms with Crippen LogP contribution in [0, 0.1) is 10.8 Å². The molecule has 3 fully saturated rings. The summed E-state index contributed by atoms with van der Waals surface area (Å²) < 4.78 is 30.4. The van der Waals surface area contributed by atoms with E-state index < -0.39 is 46.7 Å². The molecule has 0 aromatic rings. The summed E-state index contributed by atoms with van der Waals surface area (Å²) in [4.78, 5) is 25.9. The number of allylic oxidation sites excluding steroid dienone is 3. The largest absolute Gasteiger partial charge is 0.462 e. The van der Waals surface area contributed by atoms with Crippen molar-refractivity contribution in [3.8, 4) is 0 Å². The molecule has 2 N–H and O–H groups in total. The third kappa shape index (κ3) is 4.48. The van der Waals surface area contributed by atoms with Crippen molar-refractivity contribution in [3.05, 3.63) is 47.6 Å². The van der Waals surface area contributed by atoms with Gasteiger partial charge in [-0.05, 0) is 38.7 Å². The number of cyclic esters (lactones) is 1. The highest BCUT2D eigenvalue weighted by Crippen LogP contribution is 2.72. The molecule has 2 saturated heterocycles. The zero-order valence-electron chi connectivity index (χ0n) is 22.3. The third-order valence-electron chi connectivity index (χ3n) is 9.33. The summed E-state index contributed by atoms with van der Waals surface area (Å²) in [5, 5.41) is 19.9. The predicted octanol–water partition coefficient (Wildman–Crippen LogP) is 2.32. The normalized spacial score (nSPS) is 45.3. The van der Waals surface area contributed by atoms with Gasteiger partial charge in [0.25, 0.3) is 0 Å². The summed E-state index contributed by atoms with van der Waals surface area (Å²) in [6.07, 6.45) is 9.45. The minimum atomic E-state index is -0.798. The van der Waals surface area contributed by atoms with Gasteiger partial charge in [0.15, 0.2) is 0 Å². The number of aliphatic hydroxyl groups excluding tert-OH is 2. The van der Waals surface area contributed by atoms with E-state index in [1.54, 1.807) is 25.2 Å². The molecule has 0 aromatic heterocycles. The van der Waals surface area contributed by atoms with Crippen LogP contribution in [0.3, 0.4) is 0 Å². The smallest absolute Gasteiger partial charge is 0.331 e. The summed E-state index contributed by atoms with van der Waals surface area (Å²) in [7, 11) is 0.